The van der Waals surface area contributed by atoms with Gasteiger partial charge in [-0.25, -0.2) is 9.37 Å². The molecule has 0 atom stereocenters. The number of halogens is 2. The van der Waals surface area contributed by atoms with Crippen LogP contribution in [0.15, 0.2) is 12.3 Å². The molecule has 0 bridgehead atoms. The lowest BCUT2D eigenvalue weighted by molar-refractivity contribution is 0.320. The molecule has 112 valence electrons. The zero-order chi connectivity index (χ0) is 14.4. The average molecular weight is 326 g/mol. The highest BCUT2D eigenvalue weighted by Crippen LogP contribution is 2.37. The van der Waals surface area contributed by atoms with Gasteiger partial charge in [-0.15, -0.1) is 0 Å². The third kappa shape index (κ3) is 2.67. The zero-order valence-electron chi connectivity index (χ0n) is 11.6. The van der Waals surface area contributed by atoms with Gasteiger partial charge in [0.2, 0.25) is 0 Å². The second-order valence-corrected chi connectivity index (χ2v) is 7.47. The van der Waals surface area contributed by atoms with Crippen LogP contribution < -0.4 is 4.72 Å². The minimum atomic E-state index is -0.438. The lowest BCUT2D eigenvalue weighted by Crippen LogP contribution is -2.16. The van der Waals surface area contributed by atoms with Crippen molar-refractivity contribution in [3.63, 3.8) is 0 Å². The monoisotopic (exact) mass is 325 g/mol. The smallest absolute Gasteiger partial charge is 0.167 e. The highest BCUT2D eigenvalue weighted by molar-refractivity contribution is 7.98. The number of nitrogens with zero attached hydrogens (tertiary/aromatic N) is 2. The first kappa shape index (κ1) is 13.9. The fourth-order valence-electron chi connectivity index (χ4n) is 2.70. The first-order chi connectivity index (χ1) is 10.2. The highest BCUT2D eigenvalue weighted by atomic mass is 35.5. The molecule has 4 rings (SSSR count). The molecule has 2 saturated carbocycles. The van der Waals surface area contributed by atoms with Crippen LogP contribution in [-0.4, -0.2) is 14.8 Å². The summed E-state index contributed by atoms with van der Waals surface area (Å²) in [6.45, 7) is 0.736. The first-order valence-electron chi connectivity index (χ1n) is 7.46. The molecule has 0 saturated heterocycles. The molecule has 2 aromatic rings. The maximum atomic E-state index is 13.8. The van der Waals surface area contributed by atoms with Gasteiger partial charge in [-0.2, -0.15) is 0 Å². The quantitative estimate of drug-likeness (QED) is 0.650. The van der Waals surface area contributed by atoms with E-state index in [0.29, 0.717) is 6.04 Å². The number of hydrogen-bond donors (Lipinski definition) is 1. The van der Waals surface area contributed by atoms with Crippen molar-refractivity contribution in [2.75, 3.05) is 0 Å². The molecule has 0 spiro atoms. The average Bonchev–Trinajstić information content (AvgIpc) is 3.16. The fourth-order valence-corrected chi connectivity index (χ4v) is 3.68. The van der Waals surface area contributed by atoms with Gasteiger partial charge in [-0.05, 0) is 43.7 Å². The van der Waals surface area contributed by atoms with Crippen molar-refractivity contribution < 1.29 is 4.39 Å². The molecule has 2 aliphatic rings. The standard InChI is InChI=1S/C15H17ClFN3S/c16-14-13(17)6-12-9(7-18-21-11-4-5-11)8-20(15(12)19-14)10-2-1-3-10/h6,8,10-11,18H,1-5,7H2. The molecule has 1 N–H and O–H groups in total. The lowest BCUT2D eigenvalue weighted by atomic mass is 9.93. The van der Waals surface area contributed by atoms with Crippen LogP contribution in [0.4, 0.5) is 4.39 Å². The molecular formula is C15H17ClFN3S. The summed E-state index contributed by atoms with van der Waals surface area (Å²) in [5.74, 6) is -0.438. The number of aromatic nitrogens is 2. The Labute approximate surface area is 132 Å². The first-order valence-corrected chi connectivity index (χ1v) is 8.72. The summed E-state index contributed by atoms with van der Waals surface area (Å²) in [6.07, 6.45) is 8.32. The van der Waals surface area contributed by atoms with Crippen LogP contribution in [0.3, 0.4) is 0 Å². The van der Waals surface area contributed by atoms with E-state index < -0.39 is 5.82 Å². The van der Waals surface area contributed by atoms with E-state index in [-0.39, 0.29) is 5.15 Å². The molecule has 3 nitrogen and oxygen atoms in total. The van der Waals surface area contributed by atoms with Gasteiger partial charge in [0.1, 0.15) is 5.65 Å². The van der Waals surface area contributed by atoms with E-state index in [1.807, 2.05) is 0 Å². The maximum Gasteiger partial charge on any atom is 0.167 e. The van der Waals surface area contributed by atoms with Crippen molar-refractivity contribution in [2.45, 2.75) is 49.9 Å². The summed E-state index contributed by atoms with van der Waals surface area (Å²) in [6, 6.07) is 2.02. The van der Waals surface area contributed by atoms with Crippen molar-refractivity contribution >= 4 is 34.6 Å². The summed E-state index contributed by atoms with van der Waals surface area (Å²) in [5.41, 5.74) is 1.92. The molecule has 2 fully saturated rings. The predicted octanol–water partition coefficient (Wildman–Crippen LogP) is 4.45. The van der Waals surface area contributed by atoms with Gasteiger partial charge in [-0.3, -0.25) is 4.72 Å². The molecule has 2 aliphatic carbocycles. The van der Waals surface area contributed by atoms with Crippen molar-refractivity contribution in [1.82, 2.24) is 14.3 Å². The van der Waals surface area contributed by atoms with Crippen molar-refractivity contribution in [3.05, 3.63) is 28.8 Å². The van der Waals surface area contributed by atoms with Crippen LogP contribution in [0, 0.1) is 5.82 Å². The van der Waals surface area contributed by atoms with E-state index in [0.717, 1.165) is 28.4 Å². The minimum Gasteiger partial charge on any atom is -0.329 e. The number of hydrogen-bond acceptors (Lipinski definition) is 3. The Morgan fingerprint density at radius 1 is 1.38 bits per heavy atom. The van der Waals surface area contributed by atoms with Gasteiger partial charge in [0.05, 0.1) is 0 Å². The Hall–Kier alpha value is -0.780. The Morgan fingerprint density at radius 3 is 2.86 bits per heavy atom. The summed E-state index contributed by atoms with van der Waals surface area (Å²) < 4.78 is 19.3. The van der Waals surface area contributed by atoms with E-state index in [2.05, 4.69) is 20.5 Å². The van der Waals surface area contributed by atoms with E-state index in [9.17, 15) is 4.39 Å². The van der Waals surface area contributed by atoms with Crippen molar-refractivity contribution in [1.29, 1.82) is 0 Å². The Kier molecular flexibility index (Phi) is 3.59. The highest BCUT2D eigenvalue weighted by Gasteiger charge is 2.25. The number of fused-ring (bicyclic) bond motifs is 1. The Morgan fingerprint density at radius 2 is 2.19 bits per heavy atom. The van der Waals surface area contributed by atoms with E-state index in [1.54, 1.807) is 11.9 Å². The third-order valence-corrected chi connectivity index (χ3v) is 5.68. The Balaban J connectivity index is 1.68. The summed E-state index contributed by atoms with van der Waals surface area (Å²) in [4.78, 5) is 4.27. The second kappa shape index (κ2) is 5.45. The molecule has 0 unspecified atom stereocenters. The molecule has 0 radical (unpaired) electrons. The largest absolute Gasteiger partial charge is 0.329 e. The molecule has 6 heteroatoms. The van der Waals surface area contributed by atoms with Gasteiger partial charge in [-0.1, -0.05) is 23.5 Å². The molecule has 21 heavy (non-hydrogen) atoms. The topological polar surface area (TPSA) is 29.9 Å². The van der Waals surface area contributed by atoms with Crippen LogP contribution in [0.1, 0.15) is 43.7 Å². The lowest BCUT2D eigenvalue weighted by Gasteiger charge is -2.27. The number of rotatable bonds is 5. The van der Waals surface area contributed by atoms with Gasteiger partial charge in [0.25, 0.3) is 0 Å². The number of nitrogens with one attached hydrogen (secondary N) is 1. The molecular weight excluding hydrogens is 309 g/mol. The zero-order valence-corrected chi connectivity index (χ0v) is 13.2. The van der Waals surface area contributed by atoms with Gasteiger partial charge in [0, 0.05) is 29.4 Å². The molecule has 2 aromatic heterocycles. The SMILES string of the molecule is Fc1cc2c(CNSC3CC3)cn(C3CCC3)c2nc1Cl. The van der Waals surface area contributed by atoms with Gasteiger partial charge < -0.3 is 4.57 Å². The summed E-state index contributed by atoms with van der Waals surface area (Å²) in [7, 11) is 0. The molecule has 0 aromatic carbocycles. The van der Waals surface area contributed by atoms with Crippen LogP contribution in [0.5, 0.6) is 0 Å². The van der Waals surface area contributed by atoms with E-state index >= 15 is 0 Å². The van der Waals surface area contributed by atoms with Gasteiger partial charge >= 0.3 is 0 Å². The molecule has 0 amide bonds. The van der Waals surface area contributed by atoms with E-state index in [1.165, 1.54) is 38.2 Å². The van der Waals surface area contributed by atoms with E-state index in [4.69, 9.17) is 11.6 Å². The molecule has 0 aliphatic heterocycles. The number of pyridine rings is 1. The van der Waals surface area contributed by atoms with Crippen LogP contribution >= 0.6 is 23.5 Å². The normalized spacial score (nSPS) is 19.1. The predicted molar refractivity (Wildman–Crippen MR) is 85.0 cm³/mol. The third-order valence-electron chi connectivity index (χ3n) is 4.30. The van der Waals surface area contributed by atoms with Crippen LogP contribution in [-0.2, 0) is 6.54 Å². The van der Waals surface area contributed by atoms with Gasteiger partial charge in [0.15, 0.2) is 11.0 Å². The minimum absolute atomic E-state index is 0.0342. The second-order valence-electron chi connectivity index (χ2n) is 5.92. The fraction of sp³-hybridized carbons (Fsp3) is 0.533. The van der Waals surface area contributed by atoms with Crippen molar-refractivity contribution in [3.8, 4) is 0 Å². The maximum absolute atomic E-state index is 13.8. The summed E-state index contributed by atoms with van der Waals surface area (Å²) in [5, 5.41) is 1.61. The van der Waals surface area contributed by atoms with Crippen LogP contribution in [0.25, 0.3) is 11.0 Å². The molecule has 2 heterocycles. The summed E-state index contributed by atoms with van der Waals surface area (Å²) >= 11 is 7.66. The Bertz CT molecular complexity index is 679. The van der Waals surface area contributed by atoms with Crippen LogP contribution in [0.2, 0.25) is 5.15 Å². The van der Waals surface area contributed by atoms with Crippen molar-refractivity contribution in [2.24, 2.45) is 0 Å².